The van der Waals surface area contributed by atoms with Gasteiger partial charge >= 0.3 is 0 Å². The third kappa shape index (κ3) is 9.07. The molecule has 0 radical (unpaired) electrons. The molecule has 4 rings (SSSR count). The molecule has 0 fully saturated rings. The molecule has 4 N–H and O–H groups in total. The molecule has 0 bridgehead atoms. The summed E-state index contributed by atoms with van der Waals surface area (Å²) in [6, 6.07) is 16.4. The van der Waals surface area contributed by atoms with Gasteiger partial charge in [0, 0.05) is 5.25 Å². The molecule has 1 aliphatic carbocycles. The molecule has 12 heteroatoms. The predicted octanol–water partition coefficient (Wildman–Crippen LogP) is 2.72. The number of aromatic nitrogens is 3. The summed E-state index contributed by atoms with van der Waals surface area (Å²) in [4.78, 5) is 45.0. The van der Waals surface area contributed by atoms with E-state index in [2.05, 4.69) is 31.9 Å². The van der Waals surface area contributed by atoms with E-state index in [1.165, 1.54) is 28.6 Å². The monoisotopic (exact) mass is 596 g/mol. The summed E-state index contributed by atoms with van der Waals surface area (Å²) in [5.41, 5.74) is 3.17. The number of carbonyl (C=O) groups is 3. The van der Waals surface area contributed by atoms with Crippen molar-refractivity contribution < 1.29 is 19.5 Å². The summed E-state index contributed by atoms with van der Waals surface area (Å²) in [5.74, 6) is -1.02. The number of aryl methyl sites for hydroxylation is 1. The zero-order valence-electron chi connectivity index (χ0n) is 23.2. The van der Waals surface area contributed by atoms with Crippen LogP contribution in [0.25, 0.3) is 0 Å². The van der Waals surface area contributed by atoms with Gasteiger partial charge in [0.25, 0.3) is 5.91 Å². The Morgan fingerprint density at radius 1 is 1.10 bits per heavy atom. The second kappa shape index (κ2) is 15.0. The van der Waals surface area contributed by atoms with Crippen LogP contribution in [0.5, 0.6) is 0 Å². The van der Waals surface area contributed by atoms with Gasteiger partial charge in [-0.25, -0.2) is 4.98 Å². The molecular weight excluding hydrogens is 560 g/mol. The highest BCUT2D eigenvalue weighted by molar-refractivity contribution is 8.00. The van der Waals surface area contributed by atoms with Crippen LogP contribution < -0.4 is 10.6 Å². The van der Waals surface area contributed by atoms with Crippen LogP contribution in [0.3, 0.4) is 0 Å². The number of aromatic amines is 1. The number of hydrogen-bond acceptors (Lipinski definition) is 8. The van der Waals surface area contributed by atoms with E-state index in [0.29, 0.717) is 5.16 Å². The summed E-state index contributed by atoms with van der Waals surface area (Å²) in [6.45, 7) is 3.81. The van der Waals surface area contributed by atoms with E-state index in [1.807, 2.05) is 62.4 Å². The molecule has 0 saturated carbocycles. The van der Waals surface area contributed by atoms with E-state index in [4.69, 9.17) is 0 Å². The van der Waals surface area contributed by atoms with Crippen LogP contribution in [0.2, 0.25) is 0 Å². The largest absolute Gasteiger partial charge is 0.381 e. The molecule has 3 aromatic rings. The van der Waals surface area contributed by atoms with Gasteiger partial charge in [-0.15, -0.1) is 16.9 Å². The SMILES string of the molecule is CC(C)SCN(CC(=O)N[C@H]1CCc2ccccc21)C(=O)[C@@H](O)[C@H](Cc1ccccc1)NC(=O)CSc1nc[nH]n1. The smallest absolute Gasteiger partial charge is 0.254 e. The number of hydrogen-bond donors (Lipinski definition) is 4. The van der Waals surface area contributed by atoms with Gasteiger partial charge in [-0.2, -0.15) is 0 Å². The van der Waals surface area contributed by atoms with E-state index in [0.717, 1.165) is 35.7 Å². The van der Waals surface area contributed by atoms with Crippen LogP contribution in [0.15, 0.2) is 66.1 Å². The summed E-state index contributed by atoms with van der Waals surface area (Å²) in [7, 11) is 0. The van der Waals surface area contributed by atoms with Crippen LogP contribution in [0.1, 0.15) is 43.0 Å². The van der Waals surface area contributed by atoms with Crippen molar-refractivity contribution in [2.24, 2.45) is 0 Å². The zero-order chi connectivity index (χ0) is 29.2. The van der Waals surface area contributed by atoms with Crippen LogP contribution in [-0.4, -0.2) is 78.5 Å². The molecule has 41 heavy (non-hydrogen) atoms. The topological polar surface area (TPSA) is 140 Å². The quantitative estimate of drug-likeness (QED) is 0.165. The molecule has 0 saturated heterocycles. The Balaban J connectivity index is 1.45. The molecule has 1 aromatic heterocycles. The number of nitrogens with zero attached hydrogens (tertiary/aromatic N) is 3. The lowest BCUT2D eigenvalue weighted by Crippen LogP contribution is -2.54. The van der Waals surface area contributed by atoms with Crippen LogP contribution in [0, 0.1) is 0 Å². The molecule has 1 aliphatic rings. The van der Waals surface area contributed by atoms with E-state index in [9.17, 15) is 19.5 Å². The first-order valence-electron chi connectivity index (χ1n) is 13.6. The van der Waals surface area contributed by atoms with Gasteiger partial charge in [-0.3, -0.25) is 19.5 Å². The minimum atomic E-state index is -1.56. The lowest BCUT2D eigenvalue weighted by Gasteiger charge is -2.30. The van der Waals surface area contributed by atoms with Gasteiger partial charge < -0.3 is 20.6 Å². The molecule has 3 atom stereocenters. The van der Waals surface area contributed by atoms with E-state index >= 15 is 0 Å². The molecule has 218 valence electrons. The molecular formula is C29H36N6O4S2. The van der Waals surface area contributed by atoms with Gasteiger partial charge in [0.15, 0.2) is 6.10 Å². The fourth-order valence-corrected chi connectivity index (χ4v) is 5.95. The van der Waals surface area contributed by atoms with Crippen LogP contribution in [0.4, 0.5) is 0 Å². The zero-order valence-corrected chi connectivity index (χ0v) is 24.8. The molecule has 0 unspecified atom stereocenters. The first-order chi connectivity index (χ1) is 19.8. The fourth-order valence-electron chi connectivity index (χ4n) is 4.66. The Morgan fingerprint density at radius 3 is 2.59 bits per heavy atom. The molecule has 0 aliphatic heterocycles. The van der Waals surface area contributed by atoms with E-state index < -0.39 is 18.1 Å². The Morgan fingerprint density at radius 2 is 1.85 bits per heavy atom. The van der Waals surface area contributed by atoms with Gasteiger partial charge in [0.1, 0.15) is 12.9 Å². The lowest BCUT2D eigenvalue weighted by molar-refractivity contribution is -0.144. The van der Waals surface area contributed by atoms with Crippen molar-refractivity contribution in [3.05, 3.63) is 77.6 Å². The van der Waals surface area contributed by atoms with Gasteiger partial charge in [0.05, 0.1) is 23.7 Å². The number of thioether (sulfide) groups is 2. The average Bonchev–Trinajstić information content (AvgIpc) is 3.64. The van der Waals surface area contributed by atoms with Gasteiger partial charge in [0.2, 0.25) is 17.0 Å². The van der Waals surface area contributed by atoms with Crippen molar-refractivity contribution in [1.29, 1.82) is 0 Å². The maximum Gasteiger partial charge on any atom is 0.254 e. The van der Waals surface area contributed by atoms with E-state index in [-0.39, 0.29) is 47.7 Å². The maximum absolute atomic E-state index is 13.7. The highest BCUT2D eigenvalue weighted by Gasteiger charge is 2.33. The van der Waals surface area contributed by atoms with Crippen molar-refractivity contribution >= 4 is 41.2 Å². The standard InChI is InChI=1S/C29H36N6O4S2/c1-19(2)41-18-35(15-25(36)32-23-13-12-21-10-6-7-11-22(21)23)28(39)27(38)24(14-20-8-4-3-5-9-20)33-26(37)16-40-29-30-17-31-34-29/h3-11,17,19,23-24,27,38H,12-16,18H2,1-2H3,(H,32,36)(H,33,37)(H,30,31,34)/t23-,24-,27-/m0/s1. The van der Waals surface area contributed by atoms with Crippen LogP contribution >= 0.6 is 23.5 Å². The number of fused-ring (bicyclic) bond motifs is 1. The Labute approximate surface area is 248 Å². The van der Waals surface area contributed by atoms with Crippen molar-refractivity contribution in [2.75, 3.05) is 18.2 Å². The molecule has 2 aromatic carbocycles. The fraction of sp³-hybridized carbons (Fsp3) is 0.414. The van der Waals surface area contributed by atoms with Crippen molar-refractivity contribution in [2.45, 2.75) is 61.7 Å². The second-order valence-corrected chi connectivity index (χ2v) is 12.6. The molecule has 10 nitrogen and oxygen atoms in total. The Kier molecular flexibility index (Phi) is 11.2. The van der Waals surface area contributed by atoms with Crippen molar-refractivity contribution in [3.63, 3.8) is 0 Å². The number of benzene rings is 2. The summed E-state index contributed by atoms with van der Waals surface area (Å²) in [5, 5.41) is 24.4. The summed E-state index contributed by atoms with van der Waals surface area (Å²) in [6.07, 6.45) is 1.80. The van der Waals surface area contributed by atoms with Crippen molar-refractivity contribution in [1.82, 2.24) is 30.7 Å². The third-order valence-electron chi connectivity index (χ3n) is 6.68. The third-order valence-corrected chi connectivity index (χ3v) is 8.67. The number of carbonyl (C=O) groups excluding carboxylic acids is 3. The number of rotatable bonds is 14. The normalized spacial score (nSPS) is 15.7. The maximum atomic E-state index is 13.7. The number of H-pyrrole nitrogens is 1. The van der Waals surface area contributed by atoms with Gasteiger partial charge in [-0.1, -0.05) is 80.2 Å². The number of aliphatic hydroxyl groups excluding tert-OH is 1. The molecule has 1 heterocycles. The highest BCUT2D eigenvalue weighted by Crippen LogP contribution is 2.30. The second-order valence-electron chi connectivity index (χ2n) is 10.1. The van der Waals surface area contributed by atoms with Crippen LogP contribution in [-0.2, 0) is 27.2 Å². The Hall–Kier alpha value is -3.35. The molecule has 0 spiro atoms. The molecule has 3 amide bonds. The minimum Gasteiger partial charge on any atom is -0.381 e. The predicted molar refractivity (Wildman–Crippen MR) is 160 cm³/mol. The average molecular weight is 597 g/mol. The van der Waals surface area contributed by atoms with Crippen molar-refractivity contribution in [3.8, 4) is 0 Å². The summed E-state index contributed by atoms with van der Waals surface area (Å²) >= 11 is 2.64. The first-order valence-corrected chi connectivity index (χ1v) is 15.6. The number of nitrogens with one attached hydrogen (secondary N) is 3. The lowest BCUT2D eigenvalue weighted by atomic mass is 10.00. The summed E-state index contributed by atoms with van der Waals surface area (Å²) < 4.78 is 0. The number of aliphatic hydroxyl groups is 1. The minimum absolute atomic E-state index is 0.0161. The van der Waals surface area contributed by atoms with E-state index in [1.54, 1.807) is 0 Å². The highest BCUT2D eigenvalue weighted by atomic mass is 32.2. The van der Waals surface area contributed by atoms with Gasteiger partial charge in [-0.05, 0) is 36.0 Å². The Bertz CT molecular complexity index is 1290. The number of amides is 3. The first kappa shape index (κ1) is 30.6.